The number of rotatable bonds is 8. The smallest absolute Gasteiger partial charge is 0.389 e. The fourth-order valence-corrected chi connectivity index (χ4v) is 1.17. The van der Waals surface area contributed by atoms with Crippen LogP contribution in [0.3, 0.4) is 0 Å². The molecule has 0 fully saturated rings. The maximum atomic E-state index is 11.4. The van der Waals surface area contributed by atoms with Crippen LogP contribution in [0.15, 0.2) is 12.3 Å². The Balaban J connectivity index is 2.24. The third-order valence-corrected chi connectivity index (χ3v) is 1.92. The third kappa shape index (κ3) is 4.89. The van der Waals surface area contributed by atoms with Crippen LogP contribution in [0.4, 0.5) is 5.82 Å². The number of ether oxygens (including phenoxy) is 1. The quantitative estimate of drug-likeness (QED) is 0.347. The molecule has 0 radical (unpaired) electrons. The Morgan fingerprint density at radius 1 is 1.61 bits per heavy atom. The molecular weight excluding hydrogens is 244 g/mol. The highest BCUT2D eigenvalue weighted by Crippen LogP contribution is 2.04. The zero-order chi connectivity index (χ0) is 13.4. The van der Waals surface area contributed by atoms with Crippen LogP contribution >= 0.6 is 0 Å². The maximum Gasteiger partial charge on any atom is 0.389 e. The summed E-state index contributed by atoms with van der Waals surface area (Å²) >= 11 is 0. The summed E-state index contributed by atoms with van der Waals surface area (Å²) in [6.07, 6.45) is 1.36. The third-order valence-electron chi connectivity index (χ3n) is 1.92. The molecule has 0 spiro atoms. The second-order valence-electron chi connectivity index (χ2n) is 3.31. The van der Waals surface area contributed by atoms with Gasteiger partial charge in [0.25, 0.3) is 0 Å². The van der Waals surface area contributed by atoms with Gasteiger partial charge in [0.15, 0.2) is 0 Å². The topological polar surface area (TPSA) is 120 Å². The van der Waals surface area contributed by atoms with Gasteiger partial charge in [0.05, 0.1) is 37.2 Å². The standard InChI is InChI=1S/C9H14N4O5/c14-4-6-18-5-2-10-9(15)7-12-3-1-8(11-12)13(16)17/h1,3,14H,2,4-7H2,(H,10,15). The van der Waals surface area contributed by atoms with E-state index in [1.165, 1.54) is 16.9 Å². The summed E-state index contributed by atoms with van der Waals surface area (Å²) in [6, 6.07) is 1.22. The van der Waals surface area contributed by atoms with Crippen molar-refractivity contribution in [3.63, 3.8) is 0 Å². The first kappa shape index (κ1) is 14.1. The predicted octanol–water partition coefficient (Wildman–Crippen LogP) is -1.08. The number of carbonyl (C=O) groups is 1. The van der Waals surface area contributed by atoms with Crippen LogP contribution in [0.1, 0.15) is 0 Å². The van der Waals surface area contributed by atoms with Crippen molar-refractivity contribution in [1.82, 2.24) is 15.1 Å². The van der Waals surface area contributed by atoms with Crippen LogP contribution in [0.2, 0.25) is 0 Å². The monoisotopic (exact) mass is 258 g/mol. The summed E-state index contributed by atoms with van der Waals surface area (Å²) < 4.78 is 6.13. The summed E-state index contributed by atoms with van der Waals surface area (Å²) in [5.74, 6) is -0.616. The number of aliphatic hydroxyl groups is 1. The highest BCUT2D eigenvalue weighted by molar-refractivity contribution is 5.75. The largest absolute Gasteiger partial charge is 0.394 e. The molecule has 9 nitrogen and oxygen atoms in total. The predicted molar refractivity (Wildman–Crippen MR) is 59.8 cm³/mol. The van der Waals surface area contributed by atoms with Gasteiger partial charge in [-0.15, -0.1) is 0 Å². The molecule has 2 N–H and O–H groups in total. The highest BCUT2D eigenvalue weighted by atomic mass is 16.6. The molecule has 0 saturated heterocycles. The number of nitro groups is 1. The number of aromatic nitrogens is 2. The molecule has 0 aromatic carbocycles. The van der Waals surface area contributed by atoms with Crippen molar-refractivity contribution in [3.8, 4) is 0 Å². The molecule has 1 aromatic heterocycles. The van der Waals surface area contributed by atoms with Crippen molar-refractivity contribution in [2.45, 2.75) is 6.54 Å². The van der Waals surface area contributed by atoms with Gasteiger partial charge in [0.1, 0.15) is 6.54 Å². The van der Waals surface area contributed by atoms with Crippen molar-refractivity contribution in [2.75, 3.05) is 26.4 Å². The van der Waals surface area contributed by atoms with E-state index < -0.39 is 4.92 Å². The number of hydrogen-bond acceptors (Lipinski definition) is 6. The molecular formula is C9H14N4O5. The number of carbonyl (C=O) groups excluding carboxylic acids is 1. The molecule has 100 valence electrons. The van der Waals surface area contributed by atoms with Gasteiger partial charge in [-0.2, -0.15) is 4.68 Å². The molecule has 1 aromatic rings. The lowest BCUT2D eigenvalue weighted by Gasteiger charge is -2.04. The second kappa shape index (κ2) is 7.35. The van der Waals surface area contributed by atoms with Gasteiger partial charge < -0.3 is 25.3 Å². The lowest BCUT2D eigenvalue weighted by Crippen LogP contribution is -2.30. The number of hydrogen-bond donors (Lipinski definition) is 2. The van der Waals surface area contributed by atoms with Gasteiger partial charge in [-0.25, -0.2) is 0 Å². The van der Waals surface area contributed by atoms with Crippen LogP contribution < -0.4 is 5.32 Å². The van der Waals surface area contributed by atoms with Crippen LogP contribution in [0.25, 0.3) is 0 Å². The molecule has 0 atom stereocenters. The maximum absolute atomic E-state index is 11.4. The molecule has 0 aliphatic carbocycles. The van der Waals surface area contributed by atoms with Gasteiger partial charge in [0, 0.05) is 6.54 Å². The first-order valence-electron chi connectivity index (χ1n) is 5.26. The Labute approximate surface area is 103 Å². The van der Waals surface area contributed by atoms with Crippen molar-refractivity contribution < 1.29 is 19.6 Å². The molecule has 9 heteroatoms. The molecule has 18 heavy (non-hydrogen) atoms. The fraction of sp³-hybridized carbons (Fsp3) is 0.556. The molecule has 0 saturated carbocycles. The normalized spacial score (nSPS) is 10.3. The first-order valence-corrected chi connectivity index (χ1v) is 5.26. The van der Waals surface area contributed by atoms with E-state index in [0.29, 0.717) is 13.2 Å². The van der Waals surface area contributed by atoms with E-state index in [2.05, 4.69) is 10.4 Å². The summed E-state index contributed by atoms with van der Waals surface area (Å²) in [5, 5.41) is 25.0. The molecule has 0 unspecified atom stereocenters. The van der Waals surface area contributed by atoms with Crippen molar-refractivity contribution in [2.24, 2.45) is 0 Å². The average molecular weight is 258 g/mol. The molecule has 1 heterocycles. The summed E-state index contributed by atoms with van der Waals surface area (Å²) in [5.41, 5.74) is 0. The van der Waals surface area contributed by atoms with E-state index in [9.17, 15) is 14.9 Å². The SMILES string of the molecule is O=C(Cn1ccc([N+](=O)[O-])n1)NCCOCCO. The van der Waals surface area contributed by atoms with Crippen molar-refractivity contribution in [1.29, 1.82) is 0 Å². The lowest BCUT2D eigenvalue weighted by molar-refractivity contribution is -0.389. The number of nitrogens with one attached hydrogen (secondary N) is 1. The fourth-order valence-electron chi connectivity index (χ4n) is 1.17. The van der Waals surface area contributed by atoms with E-state index in [1.54, 1.807) is 0 Å². The Kier molecular flexibility index (Phi) is 5.74. The molecule has 1 amide bonds. The summed E-state index contributed by atoms with van der Waals surface area (Å²) in [6.45, 7) is 0.674. The number of amides is 1. The van der Waals surface area contributed by atoms with Gasteiger partial charge in [0.2, 0.25) is 5.91 Å². The van der Waals surface area contributed by atoms with Crippen LogP contribution in [0.5, 0.6) is 0 Å². The van der Waals surface area contributed by atoms with Crippen molar-refractivity contribution >= 4 is 11.7 Å². The van der Waals surface area contributed by atoms with E-state index in [1.807, 2.05) is 0 Å². The number of nitrogens with zero attached hydrogens (tertiary/aromatic N) is 3. The minimum Gasteiger partial charge on any atom is -0.394 e. The van der Waals surface area contributed by atoms with Crippen molar-refractivity contribution in [3.05, 3.63) is 22.4 Å². The summed E-state index contributed by atoms with van der Waals surface area (Å²) in [7, 11) is 0. The lowest BCUT2D eigenvalue weighted by atomic mass is 10.5. The molecule has 0 aliphatic rings. The van der Waals surface area contributed by atoms with Gasteiger partial charge in [-0.1, -0.05) is 0 Å². The molecule has 1 rings (SSSR count). The molecule has 0 bridgehead atoms. The Morgan fingerprint density at radius 3 is 3.00 bits per heavy atom. The minimum absolute atomic E-state index is 0.0646. The van der Waals surface area contributed by atoms with E-state index in [0.717, 1.165) is 0 Å². The van der Waals surface area contributed by atoms with E-state index in [4.69, 9.17) is 9.84 Å². The average Bonchev–Trinajstić information content (AvgIpc) is 2.77. The number of aliphatic hydroxyl groups excluding tert-OH is 1. The van der Waals surface area contributed by atoms with E-state index in [-0.39, 0.29) is 31.5 Å². The Bertz CT molecular complexity index is 405. The highest BCUT2D eigenvalue weighted by Gasteiger charge is 2.12. The van der Waals surface area contributed by atoms with Gasteiger partial charge >= 0.3 is 5.82 Å². The Hall–Kier alpha value is -2.00. The zero-order valence-electron chi connectivity index (χ0n) is 9.61. The minimum atomic E-state index is -0.628. The first-order chi connectivity index (χ1) is 8.63. The van der Waals surface area contributed by atoms with Crippen LogP contribution in [0, 0.1) is 10.1 Å². The van der Waals surface area contributed by atoms with Gasteiger partial charge in [-0.05, 0) is 4.92 Å². The zero-order valence-corrected chi connectivity index (χ0v) is 9.61. The van der Waals surface area contributed by atoms with Crippen LogP contribution in [-0.4, -0.2) is 52.1 Å². The van der Waals surface area contributed by atoms with E-state index >= 15 is 0 Å². The Morgan fingerprint density at radius 2 is 2.39 bits per heavy atom. The van der Waals surface area contributed by atoms with Gasteiger partial charge in [-0.3, -0.25) is 4.79 Å². The molecule has 0 aliphatic heterocycles. The van der Waals surface area contributed by atoms with Crippen LogP contribution in [-0.2, 0) is 16.1 Å². The second-order valence-corrected chi connectivity index (χ2v) is 3.31. The summed E-state index contributed by atoms with van der Waals surface area (Å²) in [4.78, 5) is 21.1.